The minimum atomic E-state index is -4.36. The van der Waals surface area contributed by atoms with Crippen LogP contribution in [0.25, 0.3) is 0 Å². The minimum Gasteiger partial charge on any atom is -0.432 e. The van der Waals surface area contributed by atoms with Crippen LogP contribution in [-0.4, -0.2) is 24.2 Å². The number of esters is 1. The number of benzene rings is 1. The van der Waals surface area contributed by atoms with Crippen LogP contribution in [-0.2, 0) is 31.6 Å². The van der Waals surface area contributed by atoms with E-state index >= 15 is 0 Å². The predicted octanol–water partition coefficient (Wildman–Crippen LogP) is 3.05. The molecule has 0 spiro atoms. The third kappa shape index (κ3) is 3.40. The van der Waals surface area contributed by atoms with E-state index in [1.807, 2.05) is 0 Å². The Hall–Kier alpha value is -2.04. The second kappa shape index (κ2) is 6.11. The molecule has 2 heterocycles. The Morgan fingerprint density at radius 2 is 1.96 bits per heavy atom. The molecule has 1 aromatic carbocycles. The third-order valence-electron chi connectivity index (χ3n) is 4.12. The van der Waals surface area contributed by atoms with Crippen LogP contribution in [0.2, 0.25) is 0 Å². The monoisotopic (exact) mass is 340 g/mol. The second-order valence-corrected chi connectivity index (χ2v) is 5.79. The van der Waals surface area contributed by atoms with E-state index in [9.17, 15) is 18.0 Å². The fourth-order valence-electron chi connectivity index (χ4n) is 2.82. The van der Waals surface area contributed by atoms with E-state index < -0.39 is 35.9 Å². The molecule has 0 radical (unpaired) electrons. The summed E-state index contributed by atoms with van der Waals surface area (Å²) in [7, 11) is 0. The first kappa shape index (κ1) is 16.8. The molecule has 0 unspecified atom stereocenters. The van der Waals surface area contributed by atoms with E-state index in [1.165, 1.54) is 12.1 Å². The highest BCUT2D eigenvalue weighted by Crippen LogP contribution is 2.39. The van der Waals surface area contributed by atoms with Gasteiger partial charge in [0.1, 0.15) is 0 Å². The SMILES string of the molecule is C#C[C@H]1O[C@]2(CCc3ccc(C(F)(F)F)cc3)CCC(=O)O[C@@H]1O2. The number of hydrogen-bond acceptors (Lipinski definition) is 4. The predicted molar refractivity (Wildman–Crippen MR) is 76.4 cm³/mol. The molecule has 1 aromatic rings. The van der Waals surface area contributed by atoms with Crippen LogP contribution in [0, 0.1) is 12.3 Å². The van der Waals surface area contributed by atoms with Crippen molar-refractivity contribution < 1.29 is 32.2 Å². The van der Waals surface area contributed by atoms with E-state index in [-0.39, 0.29) is 6.42 Å². The van der Waals surface area contributed by atoms with Crippen LogP contribution < -0.4 is 0 Å². The summed E-state index contributed by atoms with van der Waals surface area (Å²) in [5.74, 6) is 0.933. The molecule has 4 nitrogen and oxygen atoms in total. The molecular formula is C17H15F3O4. The van der Waals surface area contributed by atoms with Gasteiger partial charge in [-0.3, -0.25) is 4.79 Å². The van der Waals surface area contributed by atoms with Crippen molar-refractivity contribution in [2.75, 3.05) is 0 Å². The summed E-state index contributed by atoms with van der Waals surface area (Å²) in [4.78, 5) is 11.5. The van der Waals surface area contributed by atoms with Gasteiger partial charge in [0.2, 0.25) is 6.29 Å². The number of terminal acetylenes is 1. The molecule has 2 bridgehead atoms. The number of halogens is 3. The topological polar surface area (TPSA) is 44.8 Å². The molecule has 0 saturated carbocycles. The summed E-state index contributed by atoms with van der Waals surface area (Å²) >= 11 is 0. The normalized spacial score (nSPS) is 29.7. The average molecular weight is 340 g/mol. The van der Waals surface area contributed by atoms with Crippen molar-refractivity contribution in [2.24, 2.45) is 0 Å². The molecule has 0 aliphatic carbocycles. The molecule has 128 valence electrons. The van der Waals surface area contributed by atoms with Crippen LogP contribution in [0.3, 0.4) is 0 Å². The van der Waals surface area contributed by atoms with Crippen LogP contribution >= 0.6 is 0 Å². The van der Waals surface area contributed by atoms with Crippen molar-refractivity contribution >= 4 is 5.97 Å². The van der Waals surface area contributed by atoms with Crippen molar-refractivity contribution in [3.63, 3.8) is 0 Å². The van der Waals surface area contributed by atoms with Crippen LogP contribution in [0.4, 0.5) is 13.2 Å². The van der Waals surface area contributed by atoms with Crippen molar-refractivity contribution in [3.05, 3.63) is 35.4 Å². The van der Waals surface area contributed by atoms with Crippen molar-refractivity contribution in [1.82, 2.24) is 0 Å². The van der Waals surface area contributed by atoms with Crippen LogP contribution in [0.5, 0.6) is 0 Å². The van der Waals surface area contributed by atoms with Gasteiger partial charge < -0.3 is 14.2 Å². The molecule has 3 atom stereocenters. The van der Waals surface area contributed by atoms with Gasteiger partial charge >= 0.3 is 12.1 Å². The van der Waals surface area contributed by atoms with E-state index in [0.717, 1.165) is 12.1 Å². The van der Waals surface area contributed by atoms with Gasteiger partial charge in [-0.15, -0.1) is 6.42 Å². The fourth-order valence-corrected chi connectivity index (χ4v) is 2.82. The lowest BCUT2D eigenvalue weighted by atomic mass is 9.99. The number of aryl methyl sites for hydroxylation is 1. The molecule has 0 amide bonds. The Bertz CT molecular complexity index is 662. The fraction of sp³-hybridized carbons (Fsp3) is 0.471. The van der Waals surface area contributed by atoms with Gasteiger partial charge in [-0.2, -0.15) is 13.2 Å². The molecule has 24 heavy (non-hydrogen) atoms. The average Bonchev–Trinajstić information content (AvgIpc) is 2.79. The molecule has 0 N–H and O–H groups in total. The molecule has 2 fully saturated rings. The van der Waals surface area contributed by atoms with Crippen molar-refractivity contribution in [1.29, 1.82) is 0 Å². The van der Waals surface area contributed by atoms with E-state index in [2.05, 4.69) is 5.92 Å². The van der Waals surface area contributed by atoms with E-state index in [4.69, 9.17) is 20.6 Å². The number of carbonyl (C=O) groups excluding carboxylic acids is 1. The number of fused-ring (bicyclic) bond motifs is 2. The summed E-state index contributed by atoms with van der Waals surface area (Å²) in [5.41, 5.74) is 0.0143. The molecule has 2 aliphatic heterocycles. The lowest BCUT2D eigenvalue weighted by Crippen LogP contribution is -2.32. The minimum absolute atomic E-state index is 0.140. The number of hydrogen-bond donors (Lipinski definition) is 0. The summed E-state index contributed by atoms with van der Waals surface area (Å²) < 4.78 is 54.2. The maximum atomic E-state index is 12.6. The number of rotatable bonds is 3. The first-order valence-electron chi connectivity index (χ1n) is 7.49. The highest BCUT2D eigenvalue weighted by Gasteiger charge is 2.50. The summed E-state index contributed by atoms with van der Waals surface area (Å²) in [6, 6.07) is 4.91. The van der Waals surface area contributed by atoms with Crippen molar-refractivity contribution in [3.8, 4) is 12.3 Å². The maximum Gasteiger partial charge on any atom is 0.416 e. The Morgan fingerprint density at radius 3 is 2.58 bits per heavy atom. The lowest BCUT2D eigenvalue weighted by molar-refractivity contribution is -0.201. The van der Waals surface area contributed by atoms with Gasteiger partial charge in [0, 0.05) is 12.8 Å². The first-order valence-corrected chi connectivity index (χ1v) is 7.49. The van der Waals surface area contributed by atoms with Crippen LogP contribution in [0.15, 0.2) is 24.3 Å². The quantitative estimate of drug-likeness (QED) is 0.627. The summed E-state index contributed by atoms with van der Waals surface area (Å²) in [6.07, 6.45) is 0.512. The lowest BCUT2D eigenvalue weighted by Gasteiger charge is -2.26. The standard InChI is InChI=1S/C17H15F3O4/c1-2-13-15-22-14(21)8-10-16(23-13,24-15)9-7-11-3-5-12(6-4-11)17(18,19)20/h1,3-6,13,15H,7-10H2/t13-,15-,16+/m1/s1. The molecule has 0 aromatic heterocycles. The Labute approximate surface area is 136 Å². The highest BCUT2D eigenvalue weighted by molar-refractivity contribution is 5.70. The zero-order valence-corrected chi connectivity index (χ0v) is 12.6. The Balaban J connectivity index is 1.69. The Morgan fingerprint density at radius 1 is 1.25 bits per heavy atom. The highest BCUT2D eigenvalue weighted by atomic mass is 19.4. The van der Waals surface area contributed by atoms with Gasteiger partial charge in [0.25, 0.3) is 0 Å². The smallest absolute Gasteiger partial charge is 0.416 e. The molecule has 2 aliphatic rings. The molecule has 2 saturated heterocycles. The Kier molecular flexibility index (Phi) is 4.28. The van der Waals surface area contributed by atoms with E-state index in [1.54, 1.807) is 0 Å². The van der Waals surface area contributed by atoms with Crippen LogP contribution in [0.1, 0.15) is 30.4 Å². The maximum absolute atomic E-state index is 12.6. The second-order valence-electron chi connectivity index (χ2n) is 5.79. The first-order chi connectivity index (χ1) is 11.3. The van der Waals surface area contributed by atoms with Gasteiger partial charge in [0.15, 0.2) is 11.9 Å². The number of carbonyl (C=O) groups is 1. The van der Waals surface area contributed by atoms with Gasteiger partial charge in [-0.25, -0.2) is 0 Å². The van der Waals surface area contributed by atoms with Gasteiger partial charge in [-0.05, 0) is 24.1 Å². The summed E-state index contributed by atoms with van der Waals surface area (Å²) in [6.45, 7) is 0. The largest absolute Gasteiger partial charge is 0.432 e. The molecule has 3 rings (SSSR count). The molecule has 7 heteroatoms. The van der Waals surface area contributed by atoms with Gasteiger partial charge in [-0.1, -0.05) is 18.1 Å². The third-order valence-corrected chi connectivity index (χ3v) is 4.12. The van der Waals surface area contributed by atoms with Gasteiger partial charge in [0.05, 0.1) is 12.0 Å². The van der Waals surface area contributed by atoms with Crippen molar-refractivity contribution in [2.45, 2.75) is 50.0 Å². The molecular weight excluding hydrogens is 325 g/mol. The number of alkyl halides is 3. The van der Waals surface area contributed by atoms with E-state index in [0.29, 0.717) is 24.8 Å². The zero-order valence-electron chi connectivity index (χ0n) is 12.6. The summed E-state index contributed by atoms with van der Waals surface area (Å²) in [5, 5.41) is 0. The zero-order chi connectivity index (χ0) is 17.4. The number of ether oxygens (including phenoxy) is 3.